The van der Waals surface area contributed by atoms with E-state index >= 15 is 0 Å². The average Bonchev–Trinajstić information content (AvgIpc) is 3.22. The summed E-state index contributed by atoms with van der Waals surface area (Å²) in [5.41, 5.74) is 14.8. The number of rotatable bonds is 8. The second-order valence-electron chi connectivity index (χ2n) is 17.4. The van der Waals surface area contributed by atoms with Crippen LogP contribution < -0.4 is 15.8 Å². The molecule has 7 unspecified atom stereocenters. The minimum Gasteiger partial charge on any atom is -0.309 e. The van der Waals surface area contributed by atoms with Crippen LogP contribution in [0.2, 0.25) is 0 Å². The Bertz CT molecular complexity index is 2030. The average molecular weight is 701 g/mol. The fourth-order valence-electron chi connectivity index (χ4n) is 11.8. The lowest BCUT2D eigenvalue weighted by Crippen LogP contribution is -2.48. The van der Waals surface area contributed by atoms with Crippen molar-refractivity contribution in [1.82, 2.24) is 5.32 Å². The van der Waals surface area contributed by atoms with Crippen molar-refractivity contribution in [1.29, 1.82) is 5.41 Å². The maximum absolute atomic E-state index is 7.51. The highest BCUT2D eigenvalue weighted by Gasteiger charge is 2.36. The molecule has 2 nitrogen and oxygen atoms in total. The van der Waals surface area contributed by atoms with E-state index in [1.54, 1.807) is 50.2 Å². The fraction of sp³-hybridized carbons (Fsp3) is 0.471. The highest BCUT2D eigenvalue weighted by Crippen LogP contribution is 2.48. The molecule has 0 spiro atoms. The first kappa shape index (κ1) is 35.0. The number of hydrogen-bond donors (Lipinski definition) is 2. The Balaban J connectivity index is 1.12. The molecule has 2 heteroatoms. The summed E-state index contributed by atoms with van der Waals surface area (Å²) in [7, 11) is 0. The first-order valence-electron chi connectivity index (χ1n) is 21.5. The van der Waals surface area contributed by atoms with Crippen LogP contribution in [0.5, 0.6) is 0 Å². The zero-order chi connectivity index (χ0) is 35.7. The summed E-state index contributed by atoms with van der Waals surface area (Å²) < 4.78 is 0. The van der Waals surface area contributed by atoms with Gasteiger partial charge in [0.1, 0.15) is 0 Å². The Morgan fingerprint density at radius 2 is 1.62 bits per heavy atom. The number of hydrogen-bond acceptors (Lipinski definition) is 2. The predicted molar refractivity (Wildman–Crippen MR) is 224 cm³/mol. The molecule has 0 aromatic heterocycles. The van der Waals surface area contributed by atoms with E-state index in [0.29, 0.717) is 41.7 Å². The molecule has 1 fully saturated rings. The fourth-order valence-corrected chi connectivity index (χ4v) is 11.8. The number of benzene rings is 1. The van der Waals surface area contributed by atoms with Crippen LogP contribution in [0.15, 0.2) is 130 Å². The van der Waals surface area contributed by atoms with E-state index in [9.17, 15) is 0 Å². The van der Waals surface area contributed by atoms with Gasteiger partial charge in [-0.1, -0.05) is 115 Å². The smallest absolute Gasteiger partial charge is 0.0363 e. The van der Waals surface area contributed by atoms with Gasteiger partial charge in [-0.2, -0.15) is 0 Å². The third kappa shape index (κ3) is 6.91. The molecule has 0 bridgehead atoms. The molecule has 53 heavy (non-hydrogen) atoms. The van der Waals surface area contributed by atoms with Gasteiger partial charge in [0, 0.05) is 24.2 Å². The highest BCUT2D eigenvalue weighted by atomic mass is 15.0. The van der Waals surface area contributed by atoms with E-state index in [2.05, 4.69) is 97.3 Å². The van der Waals surface area contributed by atoms with Crippen molar-refractivity contribution in [3.8, 4) is 0 Å². The lowest BCUT2D eigenvalue weighted by atomic mass is 9.69. The van der Waals surface area contributed by atoms with E-state index in [-0.39, 0.29) is 0 Å². The van der Waals surface area contributed by atoms with Crippen molar-refractivity contribution in [3.05, 3.63) is 141 Å². The molecule has 2 N–H and O–H groups in total. The zero-order valence-corrected chi connectivity index (χ0v) is 32.1. The van der Waals surface area contributed by atoms with Gasteiger partial charge in [-0.25, -0.2) is 0 Å². The normalized spacial score (nSPS) is 31.7. The highest BCUT2D eigenvalue weighted by molar-refractivity contribution is 5.79. The number of allylic oxidation sites excluding steroid dienone is 15. The summed E-state index contributed by atoms with van der Waals surface area (Å²) in [6.45, 7) is 2.34. The van der Waals surface area contributed by atoms with Crippen LogP contribution in [0, 0.1) is 35.0 Å². The second-order valence-corrected chi connectivity index (χ2v) is 17.4. The number of fused-ring (bicyclic) bond motifs is 4. The van der Waals surface area contributed by atoms with Gasteiger partial charge >= 0.3 is 0 Å². The van der Waals surface area contributed by atoms with Crippen molar-refractivity contribution >= 4 is 17.4 Å². The van der Waals surface area contributed by atoms with Gasteiger partial charge in [-0.05, 0) is 170 Å². The minimum atomic E-state index is 0.345. The molecule has 0 amide bonds. The molecule has 0 radical (unpaired) electrons. The Labute approximate surface area is 318 Å². The first-order chi connectivity index (χ1) is 26.2. The maximum Gasteiger partial charge on any atom is 0.0363 e. The third-order valence-corrected chi connectivity index (χ3v) is 14.5. The van der Waals surface area contributed by atoms with Crippen LogP contribution in [-0.4, -0.2) is 18.3 Å². The molecule has 1 saturated carbocycles. The van der Waals surface area contributed by atoms with Crippen LogP contribution in [0.4, 0.5) is 0 Å². The molecular formula is C51H60N2. The van der Waals surface area contributed by atoms with Gasteiger partial charge < -0.3 is 10.7 Å². The van der Waals surface area contributed by atoms with E-state index in [1.807, 2.05) is 6.08 Å². The zero-order valence-electron chi connectivity index (χ0n) is 32.1. The molecule has 1 aromatic rings. The predicted octanol–water partition coefficient (Wildman–Crippen LogP) is 11.0. The third-order valence-electron chi connectivity index (χ3n) is 14.5. The van der Waals surface area contributed by atoms with Crippen molar-refractivity contribution in [2.24, 2.45) is 29.6 Å². The van der Waals surface area contributed by atoms with E-state index in [4.69, 9.17) is 5.41 Å². The Morgan fingerprint density at radius 3 is 2.53 bits per heavy atom. The first-order valence-corrected chi connectivity index (χ1v) is 21.5. The second kappa shape index (κ2) is 15.5. The van der Waals surface area contributed by atoms with Crippen molar-refractivity contribution in [2.45, 2.75) is 122 Å². The summed E-state index contributed by atoms with van der Waals surface area (Å²) in [6.07, 6.45) is 47.8. The number of nitrogens with one attached hydrogen (secondary N) is 2. The Morgan fingerprint density at radius 1 is 0.774 bits per heavy atom. The standard InChI is InChI=1S/C51H60N2/c1-34(13-12-30-52)36-17-10-18-37(31-36)38-26-27-48(51(33-38)53-50-25-11-16-35-14-2-5-20-41(35)50)46-28-29-47(44-23-8-7-22-43(44)46)49-32-39-15-3-4-19-40(39)42-21-6-9-24-45(42)49/h3,7-10,12-13,15-16,18,22-24,26-27,30,34,36-37,39,41,50-53H,2,4-6,11,14,17,19-21,25,28-29,31-33H2,1H3/b13-12-,52-30?. The van der Waals surface area contributed by atoms with E-state index in [1.165, 1.54) is 87.3 Å². The van der Waals surface area contributed by atoms with Crippen molar-refractivity contribution < 1.29 is 0 Å². The summed E-state index contributed by atoms with van der Waals surface area (Å²) in [5, 5.41) is 14.9. The van der Waals surface area contributed by atoms with Gasteiger partial charge in [0.2, 0.25) is 0 Å². The van der Waals surface area contributed by atoms with E-state index in [0.717, 1.165) is 32.1 Å². The summed E-state index contributed by atoms with van der Waals surface area (Å²) in [4.78, 5) is 0. The van der Waals surface area contributed by atoms with Gasteiger partial charge in [-0.3, -0.25) is 0 Å². The molecule has 0 saturated heterocycles. The molecular weight excluding hydrogens is 641 g/mol. The Kier molecular flexibility index (Phi) is 10.3. The van der Waals surface area contributed by atoms with Crippen molar-refractivity contribution in [2.75, 3.05) is 0 Å². The van der Waals surface area contributed by atoms with Crippen LogP contribution in [0.3, 0.4) is 0 Å². The molecule has 9 rings (SSSR count). The lowest BCUT2D eigenvalue weighted by Gasteiger charge is -2.41. The van der Waals surface area contributed by atoms with Gasteiger partial charge in [0.05, 0.1) is 0 Å². The van der Waals surface area contributed by atoms with Crippen LogP contribution in [-0.2, 0) is 0 Å². The van der Waals surface area contributed by atoms with Gasteiger partial charge in [0.25, 0.3) is 0 Å². The lowest BCUT2D eigenvalue weighted by molar-refractivity contribution is 0.286. The summed E-state index contributed by atoms with van der Waals surface area (Å²) in [5.74, 6) is 2.91. The van der Waals surface area contributed by atoms with Gasteiger partial charge in [0.15, 0.2) is 0 Å². The summed E-state index contributed by atoms with van der Waals surface area (Å²) >= 11 is 0. The molecule has 7 atom stereocenters. The van der Waals surface area contributed by atoms with Crippen LogP contribution in [0.1, 0.15) is 110 Å². The summed E-state index contributed by atoms with van der Waals surface area (Å²) in [6, 6.07) is 10.4. The molecule has 0 aliphatic heterocycles. The molecule has 0 heterocycles. The maximum atomic E-state index is 7.51. The van der Waals surface area contributed by atoms with E-state index < -0.39 is 0 Å². The van der Waals surface area contributed by atoms with Crippen LogP contribution >= 0.6 is 0 Å². The molecule has 8 aliphatic rings. The topological polar surface area (TPSA) is 35.9 Å². The molecule has 274 valence electrons. The van der Waals surface area contributed by atoms with Crippen molar-refractivity contribution in [3.63, 3.8) is 0 Å². The van der Waals surface area contributed by atoms with Crippen LogP contribution in [0.25, 0.3) is 11.1 Å². The largest absolute Gasteiger partial charge is 0.309 e. The minimum absolute atomic E-state index is 0.345. The SMILES string of the molecule is CC(/C=C\C=N)C1CC=CC(C2=CC=C(C3=c4ccccc4=C(C4=C5C=CCCC5=C5CCC=CC5C4)CC3)C(NC3CCC=C4CCCCC43)C2)C1. The Hall–Kier alpha value is -3.75. The van der Waals surface area contributed by atoms with Gasteiger partial charge in [-0.15, -0.1) is 0 Å². The molecule has 8 aliphatic carbocycles. The molecule has 1 aromatic carbocycles. The monoisotopic (exact) mass is 700 g/mol. The quantitative estimate of drug-likeness (QED) is 0.206.